The summed E-state index contributed by atoms with van der Waals surface area (Å²) >= 11 is 0. The molecule has 0 saturated carbocycles. The highest BCUT2D eigenvalue weighted by Crippen LogP contribution is 2.01. The minimum absolute atomic E-state index is 0.193. The van der Waals surface area contributed by atoms with Gasteiger partial charge >= 0.3 is 5.97 Å². The SMILES string of the molecule is C=C(OC)C(/C=C(\C)C(=O)O)=NC. The molecule has 0 fully saturated rings. The Morgan fingerprint density at radius 1 is 1.62 bits per heavy atom. The number of carboxylic acids is 1. The van der Waals surface area contributed by atoms with Crippen LogP contribution in [0.1, 0.15) is 6.92 Å². The number of hydrogen-bond acceptors (Lipinski definition) is 3. The van der Waals surface area contributed by atoms with Crippen LogP contribution in [-0.2, 0) is 9.53 Å². The van der Waals surface area contributed by atoms with E-state index in [0.717, 1.165) is 0 Å². The van der Waals surface area contributed by atoms with E-state index in [2.05, 4.69) is 11.6 Å². The molecular weight excluding hydrogens is 170 g/mol. The van der Waals surface area contributed by atoms with Crippen LogP contribution in [0.25, 0.3) is 0 Å². The quantitative estimate of drug-likeness (QED) is 0.405. The van der Waals surface area contributed by atoms with Crippen molar-refractivity contribution in [1.29, 1.82) is 0 Å². The number of nitrogens with zero attached hydrogens (tertiary/aromatic N) is 1. The minimum atomic E-state index is -0.981. The van der Waals surface area contributed by atoms with Crippen LogP contribution in [0.4, 0.5) is 0 Å². The smallest absolute Gasteiger partial charge is 0.331 e. The van der Waals surface area contributed by atoms with Gasteiger partial charge in [0.15, 0.2) is 0 Å². The van der Waals surface area contributed by atoms with Gasteiger partial charge in [-0.1, -0.05) is 6.58 Å². The van der Waals surface area contributed by atoms with Crippen molar-refractivity contribution in [2.24, 2.45) is 4.99 Å². The summed E-state index contributed by atoms with van der Waals surface area (Å²) in [5.41, 5.74) is 0.626. The average molecular weight is 183 g/mol. The van der Waals surface area contributed by atoms with Gasteiger partial charge in [-0.3, -0.25) is 4.99 Å². The highest BCUT2D eigenvalue weighted by molar-refractivity contribution is 6.09. The van der Waals surface area contributed by atoms with Crippen molar-refractivity contribution in [3.8, 4) is 0 Å². The highest BCUT2D eigenvalue weighted by atomic mass is 16.5. The van der Waals surface area contributed by atoms with E-state index >= 15 is 0 Å². The van der Waals surface area contributed by atoms with Gasteiger partial charge < -0.3 is 9.84 Å². The highest BCUT2D eigenvalue weighted by Gasteiger charge is 2.05. The number of hydrogen-bond donors (Lipinski definition) is 1. The van der Waals surface area contributed by atoms with Crippen LogP contribution < -0.4 is 0 Å². The fourth-order valence-corrected chi connectivity index (χ4v) is 0.641. The third-order valence-electron chi connectivity index (χ3n) is 1.46. The maximum absolute atomic E-state index is 10.5. The molecule has 0 amide bonds. The molecule has 0 aliphatic carbocycles. The van der Waals surface area contributed by atoms with Crippen LogP contribution >= 0.6 is 0 Å². The predicted molar refractivity (Wildman–Crippen MR) is 50.9 cm³/mol. The first-order chi connectivity index (χ1) is 6.02. The van der Waals surface area contributed by atoms with Crippen molar-refractivity contribution in [3.05, 3.63) is 24.0 Å². The lowest BCUT2D eigenvalue weighted by Gasteiger charge is -2.03. The number of aliphatic imine (C=N–C) groups is 1. The van der Waals surface area contributed by atoms with Gasteiger partial charge in [0.1, 0.15) is 5.76 Å². The topological polar surface area (TPSA) is 58.9 Å². The first-order valence-corrected chi connectivity index (χ1v) is 3.64. The zero-order chi connectivity index (χ0) is 10.4. The Bertz CT molecular complexity index is 277. The number of allylic oxidation sites excluding steroid dienone is 1. The van der Waals surface area contributed by atoms with E-state index < -0.39 is 5.97 Å². The molecule has 0 bridgehead atoms. The van der Waals surface area contributed by atoms with Crippen molar-refractivity contribution in [2.75, 3.05) is 14.2 Å². The van der Waals surface area contributed by atoms with Crippen LogP contribution in [0.5, 0.6) is 0 Å². The molecule has 0 unspecified atom stereocenters. The average Bonchev–Trinajstić information content (AvgIpc) is 2.12. The van der Waals surface area contributed by atoms with E-state index in [1.165, 1.54) is 20.1 Å². The molecule has 4 nitrogen and oxygen atoms in total. The maximum atomic E-state index is 10.5. The third-order valence-corrected chi connectivity index (χ3v) is 1.46. The summed E-state index contributed by atoms with van der Waals surface area (Å²) in [6.07, 6.45) is 1.41. The molecule has 0 heterocycles. The number of methoxy groups -OCH3 is 1. The second-order valence-electron chi connectivity index (χ2n) is 2.37. The van der Waals surface area contributed by atoms with E-state index in [1.807, 2.05) is 0 Å². The van der Waals surface area contributed by atoms with Crippen LogP contribution in [0.2, 0.25) is 0 Å². The van der Waals surface area contributed by atoms with E-state index in [1.54, 1.807) is 7.05 Å². The Balaban J connectivity index is 4.75. The van der Waals surface area contributed by atoms with E-state index in [0.29, 0.717) is 11.5 Å². The third kappa shape index (κ3) is 3.55. The predicted octanol–water partition coefficient (Wildman–Crippen LogP) is 1.25. The summed E-state index contributed by atoms with van der Waals surface area (Å²) in [7, 11) is 3.00. The molecule has 0 aromatic heterocycles. The summed E-state index contributed by atoms with van der Waals surface area (Å²) in [6, 6.07) is 0. The number of rotatable bonds is 4. The number of aliphatic carboxylic acids is 1. The number of ether oxygens (including phenoxy) is 1. The van der Waals surface area contributed by atoms with Crippen LogP contribution in [0.3, 0.4) is 0 Å². The summed E-state index contributed by atoms with van der Waals surface area (Å²) in [5.74, 6) is -0.631. The normalized spacial score (nSPS) is 12.5. The molecule has 0 radical (unpaired) electrons. The first kappa shape index (κ1) is 11.4. The Morgan fingerprint density at radius 3 is 2.46 bits per heavy atom. The van der Waals surface area contributed by atoms with Crippen molar-refractivity contribution in [2.45, 2.75) is 6.92 Å². The molecule has 0 atom stereocenters. The second-order valence-corrected chi connectivity index (χ2v) is 2.37. The lowest BCUT2D eigenvalue weighted by Crippen LogP contribution is -2.04. The van der Waals surface area contributed by atoms with Gasteiger partial charge in [-0.2, -0.15) is 0 Å². The van der Waals surface area contributed by atoms with Gasteiger partial charge in [0, 0.05) is 12.6 Å². The largest absolute Gasteiger partial charge is 0.495 e. The number of carboxylic acid groups (broad SMARTS) is 1. The molecule has 0 saturated heterocycles. The van der Waals surface area contributed by atoms with E-state index in [9.17, 15) is 4.79 Å². The van der Waals surface area contributed by atoms with Crippen LogP contribution in [-0.4, -0.2) is 30.9 Å². The Labute approximate surface area is 77.2 Å². The number of carbonyl (C=O) groups is 1. The summed E-state index contributed by atoms with van der Waals surface area (Å²) in [5, 5.41) is 8.59. The molecule has 0 aliphatic rings. The molecule has 72 valence electrons. The Kier molecular flexibility index (Phi) is 4.51. The lowest BCUT2D eigenvalue weighted by molar-refractivity contribution is -0.132. The van der Waals surface area contributed by atoms with Gasteiger partial charge in [-0.05, 0) is 13.0 Å². The Hall–Kier alpha value is -1.58. The summed E-state index contributed by atoms with van der Waals surface area (Å²) in [4.78, 5) is 14.3. The molecule has 0 spiro atoms. The van der Waals surface area contributed by atoms with Crippen LogP contribution in [0, 0.1) is 0 Å². The molecule has 4 heteroatoms. The molecule has 0 aromatic rings. The van der Waals surface area contributed by atoms with Gasteiger partial charge in [0.25, 0.3) is 0 Å². The molecule has 0 aliphatic heterocycles. The van der Waals surface area contributed by atoms with Crippen molar-refractivity contribution >= 4 is 11.7 Å². The van der Waals surface area contributed by atoms with Gasteiger partial charge in [-0.25, -0.2) is 4.79 Å². The lowest BCUT2D eigenvalue weighted by atomic mass is 10.2. The first-order valence-electron chi connectivity index (χ1n) is 3.64. The van der Waals surface area contributed by atoms with E-state index in [4.69, 9.17) is 9.84 Å². The fourth-order valence-electron chi connectivity index (χ4n) is 0.641. The van der Waals surface area contributed by atoms with Crippen molar-refractivity contribution < 1.29 is 14.6 Å². The molecule has 0 rings (SSSR count). The minimum Gasteiger partial charge on any atom is -0.495 e. The summed E-state index contributed by atoms with van der Waals surface area (Å²) < 4.78 is 4.82. The van der Waals surface area contributed by atoms with Crippen molar-refractivity contribution in [3.63, 3.8) is 0 Å². The second kappa shape index (κ2) is 5.13. The monoisotopic (exact) mass is 183 g/mol. The maximum Gasteiger partial charge on any atom is 0.331 e. The zero-order valence-corrected chi connectivity index (χ0v) is 8.00. The molecular formula is C9H13NO3. The van der Waals surface area contributed by atoms with Gasteiger partial charge in [0.05, 0.1) is 12.8 Å². The molecule has 1 N–H and O–H groups in total. The molecule has 0 aromatic carbocycles. The summed E-state index contributed by atoms with van der Waals surface area (Å²) in [6.45, 7) is 5.05. The van der Waals surface area contributed by atoms with Crippen LogP contribution in [0.15, 0.2) is 29.0 Å². The Morgan fingerprint density at radius 2 is 2.15 bits per heavy atom. The molecule has 13 heavy (non-hydrogen) atoms. The standard InChI is InChI=1S/C9H13NO3/c1-6(9(11)12)5-8(10-3)7(2)13-4/h5H,2H2,1,3-4H3,(H,11,12)/b6-5+,10-8?. The van der Waals surface area contributed by atoms with Gasteiger partial charge in [-0.15, -0.1) is 0 Å². The van der Waals surface area contributed by atoms with Crippen molar-refractivity contribution in [1.82, 2.24) is 0 Å². The zero-order valence-electron chi connectivity index (χ0n) is 8.00. The fraction of sp³-hybridized carbons (Fsp3) is 0.333. The van der Waals surface area contributed by atoms with E-state index in [-0.39, 0.29) is 5.57 Å². The van der Waals surface area contributed by atoms with Gasteiger partial charge in [0.2, 0.25) is 0 Å².